The van der Waals surface area contributed by atoms with Crippen molar-refractivity contribution < 1.29 is 0 Å². The lowest BCUT2D eigenvalue weighted by Crippen LogP contribution is -2.07. The van der Waals surface area contributed by atoms with Crippen LogP contribution in [0.4, 0.5) is 0 Å². The van der Waals surface area contributed by atoms with Crippen LogP contribution < -0.4 is 0 Å². The van der Waals surface area contributed by atoms with Crippen molar-refractivity contribution in [3.05, 3.63) is 127 Å². The van der Waals surface area contributed by atoms with Crippen molar-refractivity contribution in [3.63, 3.8) is 0 Å². The average molecular weight is 553 g/mol. The molecule has 0 aliphatic carbocycles. The van der Waals surface area contributed by atoms with Gasteiger partial charge in [0.15, 0.2) is 0 Å². The summed E-state index contributed by atoms with van der Waals surface area (Å²) in [5.74, 6) is 0. The van der Waals surface area contributed by atoms with Crippen molar-refractivity contribution in [2.75, 3.05) is 0 Å². The first-order valence-electron chi connectivity index (χ1n) is 13.3. The minimum absolute atomic E-state index is 0.535. The van der Waals surface area contributed by atoms with Crippen LogP contribution in [0.2, 0.25) is 0 Å². The number of benzene rings is 1. The quantitative estimate of drug-likeness (QED) is 0.262. The van der Waals surface area contributed by atoms with Crippen molar-refractivity contribution in [1.29, 1.82) is 0 Å². The van der Waals surface area contributed by atoms with Gasteiger partial charge >= 0.3 is 0 Å². The molecule has 0 atom stereocenters. The van der Waals surface area contributed by atoms with Gasteiger partial charge in [0.05, 0.1) is 55.3 Å². The van der Waals surface area contributed by atoms with E-state index in [2.05, 4.69) is 64.1 Å². The molecule has 6 heterocycles. The first kappa shape index (κ1) is 25.1. The molecule has 0 bridgehead atoms. The Bertz CT molecular complexity index is 1670. The monoisotopic (exact) mass is 552 g/mol. The van der Waals surface area contributed by atoms with Crippen LogP contribution >= 0.6 is 0 Å². The molecule has 0 amide bonds. The molecule has 0 radical (unpaired) electrons. The smallest absolute Gasteiger partial charge is 0.131 e. The summed E-state index contributed by atoms with van der Waals surface area (Å²) < 4.78 is 5.45. The second-order valence-corrected chi connectivity index (χ2v) is 9.71. The van der Waals surface area contributed by atoms with E-state index in [4.69, 9.17) is 0 Å². The third-order valence-electron chi connectivity index (χ3n) is 6.54. The molecular weight excluding hydrogens is 528 g/mol. The predicted octanol–water partition coefficient (Wildman–Crippen LogP) is 3.79. The van der Waals surface area contributed by atoms with Crippen molar-refractivity contribution >= 4 is 0 Å². The van der Waals surface area contributed by atoms with Crippen LogP contribution in [0.1, 0.15) is 16.7 Å². The Balaban J connectivity index is 1.17. The van der Waals surface area contributed by atoms with Gasteiger partial charge < -0.3 is 0 Å². The van der Waals surface area contributed by atoms with Crippen LogP contribution in [0.25, 0.3) is 34.2 Å². The van der Waals surface area contributed by atoms with E-state index in [1.165, 1.54) is 0 Å². The maximum Gasteiger partial charge on any atom is 0.131 e. The van der Waals surface area contributed by atoms with Crippen molar-refractivity contribution in [3.8, 4) is 34.2 Å². The van der Waals surface area contributed by atoms with Gasteiger partial charge in [-0.05, 0) is 53.1 Å². The van der Waals surface area contributed by atoms with E-state index >= 15 is 0 Å². The third-order valence-corrected chi connectivity index (χ3v) is 6.54. The lowest BCUT2D eigenvalue weighted by molar-refractivity contribution is 0.628. The topological polar surface area (TPSA) is 131 Å². The summed E-state index contributed by atoms with van der Waals surface area (Å²) in [7, 11) is 0. The summed E-state index contributed by atoms with van der Waals surface area (Å²) in [5.41, 5.74) is 7.71. The third kappa shape index (κ3) is 5.68. The SMILES string of the molecule is c1ccc(-c2cn(Cc3cc(Cn4cc(-c5ccccn5)nn4)cc(Cn4cc(-c5ccccn5)nn4)c3)nn2)nc1. The second kappa shape index (κ2) is 11.3. The van der Waals surface area contributed by atoms with Gasteiger partial charge in [-0.15, -0.1) is 15.3 Å². The molecule has 204 valence electrons. The standard InChI is InChI=1S/C30H24N12/c1-4-10-31-25(7-1)28-19-40(37-34-28)16-22-13-23(17-41-20-29(35-38-41)26-8-2-5-11-32-26)15-24(14-22)18-42-21-30(36-39-42)27-9-3-6-12-33-27/h1-15,19-21H,16-18H2. The molecule has 0 unspecified atom stereocenters. The summed E-state index contributed by atoms with van der Waals surface area (Å²) in [6.45, 7) is 1.61. The highest BCUT2D eigenvalue weighted by molar-refractivity contribution is 5.53. The molecule has 42 heavy (non-hydrogen) atoms. The Morgan fingerprint density at radius 2 is 0.738 bits per heavy atom. The normalized spacial score (nSPS) is 11.1. The van der Waals surface area contributed by atoms with Crippen LogP contribution in [0.5, 0.6) is 0 Å². The molecule has 0 spiro atoms. The largest absolute Gasteiger partial charge is 0.254 e. The second-order valence-electron chi connectivity index (χ2n) is 9.71. The minimum atomic E-state index is 0.535. The Hall–Kier alpha value is -5.91. The van der Waals surface area contributed by atoms with E-state index in [1.54, 1.807) is 18.6 Å². The molecule has 0 fully saturated rings. The maximum absolute atomic E-state index is 4.38. The van der Waals surface area contributed by atoms with Crippen LogP contribution in [0, 0.1) is 0 Å². The van der Waals surface area contributed by atoms with Gasteiger partial charge in [-0.2, -0.15) is 0 Å². The highest BCUT2D eigenvalue weighted by Gasteiger charge is 2.11. The van der Waals surface area contributed by atoms with E-state index in [1.807, 2.05) is 87.2 Å². The van der Waals surface area contributed by atoms with E-state index in [-0.39, 0.29) is 0 Å². The first-order chi connectivity index (χ1) is 20.7. The van der Waals surface area contributed by atoms with Gasteiger partial charge in [-0.3, -0.25) is 15.0 Å². The Labute approximate surface area is 240 Å². The molecule has 12 heteroatoms. The number of hydrogen-bond donors (Lipinski definition) is 0. The number of hydrogen-bond acceptors (Lipinski definition) is 9. The number of pyridine rings is 3. The van der Waals surface area contributed by atoms with Crippen LogP contribution in [-0.2, 0) is 19.6 Å². The van der Waals surface area contributed by atoms with Crippen molar-refractivity contribution in [1.82, 2.24) is 59.9 Å². The van der Waals surface area contributed by atoms with Crippen LogP contribution in [-0.4, -0.2) is 59.9 Å². The first-order valence-corrected chi connectivity index (χ1v) is 13.3. The molecular formula is C30H24N12. The molecule has 7 rings (SSSR count). The zero-order valence-corrected chi connectivity index (χ0v) is 22.4. The minimum Gasteiger partial charge on any atom is -0.254 e. The molecule has 0 aliphatic rings. The fourth-order valence-corrected chi connectivity index (χ4v) is 4.70. The van der Waals surface area contributed by atoms with Gasteiger partial charge in [0.2, 0.25) is 0 Å². The Morgan fingerprint density at radius 1 is 0.405 bits per heavy atom. The molecule has 0 N–H and O–H groups in total. The van der Waals surface area contributed by atoms with Gasteiger partial charge in [0, 0.05) is 18.6 Å². The summed E-state index contributed by atoms with van der Waals surface area (Å²) in [4.78, 5) is 13.1. The van der Waals surface area contributed by atoms with Gasteiger partial charge in [-0.25, -0.2) is 14.0 Å². The van der Waals surface area contributed by atoms with Gasteiger partial charge in [-0.1, -0.05) is 52.0 Å². The lowest BCUT2D eigenvalue weighted by atomic mass is 10.1. The number of aromatic nitrogens is 12. The summed E-state index contributed by atoms with van der Waals surface area (Å²) >= 11 is 0. The van der Waals surface area contributed by atoms with E-state index in [9.17, 15) is 0 Å². The fourth-order valence-electron chi connectivity index (χ4n) is 4.70. The van der Waals surface area contributed by atoms with Crippen LogP contribution in [0.15, 0.2) is 110 Å². The van der Waals surface area contributed by atoms with Crippen LogP contribution in [0.3, 0.4) is 0 Å². The average Bonchev–Trinajstić information content (AvgIpc) is 3.81. The highest BCUT2D eigenvalue weighted by atomic mass is 15.4. The molecule has 6 aromatic heterocycles. The zero-order valence-electron chi connectivity index (χ0n) is 22.4. The molecule has 0 aliphatic heterocycles. The number of nitrogens with zero attached hydrogens (tertiary/aromatic N) is 12. The highest BCUT2D eigenvalue weighted by Crippen LogP contribution is 2.19. The molecule has 7 aromatic rings. The zero-order chi connectivity index (χ0) is 28.1. The predicted molar refractivity (Wildman–Crippen MR) is 154 cm³/mol. The molecule has 12 nitrogen and oxygen atoms in total. The maximum atomic E-state index is 4.38. The van der Waals surface area contributed by atoms with Crippen molar-refractivity contribution in [2.45, 2.75) is 19.6 Å². The summed E-state index contributed by atoms with van der Waals surface area (Å²) in [6, 6.07) is 23.6. The molecule has 0 saturated heterocycles. The van der Waals surface area contributed by atoms with Gasteiger partial charge in [0.25, 0.3) is 0 Å². The molecule has 0 saturated carbocycles. The van der Waals surface area contributed by atoms with Crippen molar-refractivity contribution in [2.24, 2.45) is 0 Å². The Morgan fingerprint density at radius 3 is 1.02 bits per heavy atom. The lowest BCUT2D eigenvalue weighted by Gasteiger charge is -2.10. The van der Waals surface area contributed by atoms with E-state index in [0.29, 0.717) is 19.6 Å². The Kier molecular flexibility index (Phi) is 6.74. The summed E-state index contributed by atoms with van der Waals surface area (Å²) in [5, 5.41) is 26.0. The number of rotatable bonds is 9. The molecule has 1 aromatic carbocycles. The van der Waals surface area contributed by atoms with E-state index < -0.39 is 0 Å². The summed E-state index contributed by atoms with van der Waals surface area (Å²) in [6.07, 6.45) is 11.0. The fraction of sp³-hybridized carbons (Fsp3) is 0.100. The van der Waals surface area contributed by atoms with E-state index in [0.717, 1.165) is 50.9 Å². The van der Waals surface area contributed by atoms with Gasteiger partial charge in [0.1, 0.15) is 17.1 Å².